The summed E-state index contributed by atoms with van der Waals surface area (Å²) < 4.78 is 0. The van der Waals surface area contributed by atoms with Crippen LogP contribution in [0.2, 0.25) is 0 Å². The number of aryl methyl sites for hydroxylation is 1. The fourth-order valence-corrected chi connectivity index (χ4v) is 3.44. The van der Waals surface area contributed by atoms with Crippen LogP contribution in [0, 0.1) is 18.3 Å². The van der Waals surface area contributed by atoms with Gasteiger partial charge in [-0.2, -0.15) is 5.26 Å². The van der Waals surface area contributed by atoms with E-state index in [1.807, 2.05) is 19.1 Å². The Morgan fingerprint density at radius 1 is 1.39 bits per heavy atom. The lowest BCUT2D eigenvalue weighted by atomic mass is 10.1. The lowest BCUT2D eigenvalue weighted by Gasteiger charge is -2.19. The van der Waals surface area contributed by atoms with E-state index in [9.17, 15) is 10.1 Å². The van der Waals surface area contributed by atoms with Gasteiger partial charge in [0, 0.05) is 36.1 Å². The molecule has 8 nitrogen and oxygen atoms in total. The molecule has 28 heavy (non-hydrogen) atoms. The maximum atomic E-state index is 12.5. The fourth-order valence-electron chi connectivity index (χ4n) is 3.44. The first-order valence-electron chi connectivity index (χ1n) is 9.01. The number of nitrogen functional groups attached to an aromatic ring is 1. The van der Waals surface area contributed by atoms with Crippen molar-refractivity contribution in [3.8, 4) is 17.3 Å². The second-order valence-corrected chi connectivity index (χ2v) is 6.78. The molecular formula is C20H19N7O. The van der Waals surface area contributed by atoms with Crippen LogP contribution in [-0.4, -0.2) is 38.5 Å². The van der Waals surface area contributed by atoms with Crippen molar-refractivity contribution in [1.29, 1.82) is 5.26 Å². The second-order valence-electron chi connectivity index (χ2n) is 6.78. The van der Waals surface area contributed by atoms with Crippen LogP contribution in [0.25, 0.3) is 22.0 Å². The maximum absolute atomic E-state index is 12.5. The molecule has 0 spiro atoms. The number of pyridine rings is 3. The number of hydrogen-bond donors (Lipinski definition) is 2. The third-order valence-electron chi connectivity index (χ3n) is 4.96. The molecule has 0 aromatic carbocycles. The summed E-state index contributed by atoms with van der Waals surface area (Å²) in [5, 5.41) is 13.5. The molecule has 1 atom stereocenters. The third kappa shape index (κ3) is 3.18. The minimum absolute atomic E-state index is 0.318. The van der Waals surface area contributed by atoms with Crippen LogP contribution in [0.5, 0.6) is 0 Å². The summed E-state index contributed by atoms with van der Waals surface area (Å²) in [4.78, 5) is 27.0. The number of rotatable bonds is 2. The molecule has 1 saturated heterocycles. The van der Waals surface area contributed by atoms with Crippen LogP contribution in [0.3, 0.4) is 0 Å². The van der Waals surface area contributed by atoms with E-state index in [-0.39, 0.29) is 12.1 Å². The minimum Gasteiger partial charge on any atom is -0.383 e. The Balaban J connectivity index is 1.67. The summed E-state index contributed by atoms with van der Waals surface area (Å²) in [7, 11) is 0. The van der Waals surface area contributed by atoms with Gasteiger partial charge in [-0.3, -0.25) is 10.3 Å². The molecule has 2 amide bonds. The molecule has 0 aliphatic carbocycles. The van der Waals surface area contributed by atoms with Gasteiger partial charge in [-0.25, -0.2) is 14.8 Å². The summed E-state index contributed by atoms with van der Waals surface area (Å²) in [6.45, 7) is 2.55. The Bertz CT molecular complexity index is 1110. The predicted octanol–water partition coefficient (Wildman–Crippen LogP) is 3.10. The van der Waals surface area contributed by atoms with E-state index >= 15 is 0 Å². The van der Waals surface area contributed by atoms with Gasteiger partial charge in [-0.15, -0.1) is 0 Å². The zero-order valence-corrected chi connectivity index (χ0v) is 15.4. The first-order chi connectivity index (χ1) is 13.6. The molecule has 0 saturated carbocycles. The topological polar surface area (TPSA) is 121 Å². The number of nitrogens with one attached hydrogen (secondary N) is 1. The highest BCUT2D eigenvalue weighted by atomic mass is 16.2. The van der Waals surface area contributed by atoms with Crippen LogP contribution in [0.4, 0.5) is 16.4 Å². The number of aromatic nitrogens is 3. The van der Waals surface area contributed by atoms with Crippen LogP contribution < -0.4 is 11.1 Å². The molecule has 0 bridgehead atoms. The molecule has 1 fully saturated rings. The van der Waals surface area contributed by atoms with Crippen molar-refractivity contribution in [2.45, 2.75) is 25.8 Å². The number of carbonyl (C=O) groups excluding carboxylic acids is 1. The molecular weight excluding hydrogens is 354 g/mol. The van der Waals surface area contributed by atoms with Gasteiger partial charge < -0.3 is 10.6 Å². The van der Waals surface area contributed by atoms with Gasteiger partial charge in [0.15, 0.2) is 0 Å². The summed E-state index contributed by atoms with van der Waals surface area (Å²) in [5.74, 6) is 0.769. The summed E-state index contributed by atoms with van der Waals surface area (Å²) in [5.41, 5.74) is 8.78. The number of likely N-dealkylation sites (tertiary alicyclic amines) is 1. The average molecular weight is 373 g/mol. The van der Waals surface area contributed by atoms with E-state index in [0.29, 0.717) is 35.7 Å². The van der Waals surface area contributed by atoms with Crippen molar-refractivity contribution in [3.63, 3.8) is 0 Å². The summed E-state index contributed by atoms with van der Waals surface area (Å²) in [6, 6.07) is 7.04. The van der Waals surface area contributed by atoms with Gasteiger partial charge in [0.2, 0.25) is 0 Å². The zero-order chi connectivity index (χ0) is 19.7. The Morgan fingerprint density at radius 2 is 2.25 bits per heavy atom. The standard InChI is InChI=1S/C20H19N7O/c1-12-4-5-23-10-15(12)17-7-13-8-18(24-11-16(13)19(22)25-17)26-20(28)27-6-2-3-14(27)9-21/h4-5,7-8,10-11,14H,2-3,6H2,1H3,(H2,22,25)(H,24,26,28). The molecule has 8 heteroatoms. The van der Waals surface area contributed by atoms with Crippen molar-refractivity contribution in [2.75, 3.05) is 17.6 Å². The highest BCUT2D eigenvalue weighted by molar-refractivity contribution is 5.97. The highest BCUT2D eigenvalue weighted by Crippen LogP contribution is 2.28. The molecule has 3 N–H and O–H groups in total. The van der Waals surface area contributed by atoms with E-state index in [1.54, 1.807) is 24.7 Å². The van der Waals surface area contributed by atoms with E-state index in [2.05, 4.69) is 26.3 Å². The number of amides is 2. The lowest BCUT2D eigenvalue weighted by molar-refractivity contribution is 0.215. The van der Waals surface area contributed by atoms with Gasteiger partial charge in [-0.1, -0.05) is 0 Å². The number of nitriles is 1. The SMILES string of the molecule is Cc1ccncc1-c1cc2cc(NC(=O)N3CCCC3C#N)ncc2c(N)n1. The Morgan fingerprint density at radius 3 is 3.04 bits per heavy atom. The van der Waals surface area contributed by atoms with Crippen molar-refractivity contribution in [3.05, 3.63) is 42.4 Å². The number of anilines is 2. The van der Waals surface area contributed by atoms with Gasteiger partial charge >= 0.3 is 6.03 Å². The van der Waals surface area contributed by atoms with Gasteiger partial charge in [-0.05, 0) is 48.9 Å². The fraction of sp³-hybridized carbons (Fsp3) is 0.250. The normalized spacial score (nSPS) is 16.1. The molecule has 1 aliphatic heterocycles. The maximum Gasteiger partial charge on any atom is 0.324 e. The molecule has 4 heterocycles. The number of urea groups is 1. The first-order valence-corrected chi connectivity index (χ1v) is 9.01. The summed E-state index contributed by atoms with van der Waals surface area (Å²) >= 11 is 0. The monoisotopic (exact) mass is 373 g/mol. The molecule has 0 radical (unpaired) electrons. The number of nitrogens with two attached hydrogens (primary N) is 1. The minimum atomic E-state index is -0.388. The summed E-state index contributed by atoms with van der Waals surface area (Å²) in [6.07, 6.45) is 6.60. The largest absolute Gasteiger partial charge is 0.383 e. The van der Waals surface area contributed by atoms with Crippen molar-refractivity contribution in [2.24, 2.45) is 0 Å². The molecule has 140 valence electrons. The van der Waals surface area contributed by atoms with Gasteiger partial charge in [0.05, 0.1) is 11.8 Å². The predicted molar refractivity (Wildman–Crippen MR) is 106 cm³/mol. The van der Waals surface area contributed by atoms with E-state index in [4.69, 9.17) is 5.73 Å². The Kier molecular flexibility index (Phi) is 4.49. The van der Waals surface area contributed by atoms with E-state index < -0.39 is 0 Å². The number of carbonyl (C=O) groups is 1. The van der Waals surface area contributed by atoms with Crippen molar-refractivity contribution >= 4 is 28.4 Å². The quantitative estimate of drug-likeness (QED) is 0.712. The number of fused-ring (bicyclic) bond motifs is 1. The molecule has 3 aromatic rings. The van der Waals surface area contributed by atoms with Crippen molar-refractivity contribution < 1.29 is 4.79 Å². The lowest BCUT2D eigenvalue weighted by Crippen LogP contribution is -2.38. The van der Waals surface area contributed by atoms with Crippen LogP contribution >= 0.6 is 0 Å². The Hall–Kier alpha value is -3.73. The number of hydrogen-bond acceptors (Lipinski definition) is 6. The van der Waals surface area contributed by atoms with Gasteiger partial charge in [0.25, 0.3) is 0 Å². The average Bonchev–Trinajstić information content (AvgIpc) is 3.17. The van der Waals surface area contributed by atoms with Crippen LogP contribution in [-0.2, 0) is 0 Å². The van der Waals surface area contributed by atoms with Crippen LogP contribution in [0.1, 0.15) is 18.4 Å². The van der Waals surface area contributed by atoms with Crippen molar-refractivity contribution in [1.82, 2.24) is 19.9 Å². The third-order valence-corrected chi connectivity index (χ3v) is 4.96. The molecule has 3 aromatic heterocycles. The van der Waals surface area contributed by atoms with Crippen LogP contribution in [0.15, 0.2) is 36.8 Å². The molecule has 4 rings (SSSR count). The number of nitrogens with zero attached hydrogens (tertiary/aromatic N) is 5. The molecule has 1 unspecified atom stereocenters. The highest BCUT2D eigenvalue weighted by Gasteiger charge is 2.28. The molecule has 1 aliphatic rings. The van der Waals surface area contributed by atoms with E-state index in [0.717, 1.165) is 22.9 Å². The zero-order valence-electron chi connectivity index (χ0n) is 15.4. The first kappa shape index (κ1) is 17.7. The smallest absolute Gasteiger partial charge is 0.324 e. The second kappa shape index (κ2) is 7.12. The van der Waals surface area contributed by atoms with Gasteiger partial charge in [0.1, 0.15) is 17.7 Å². The Labute approximate surface area is 162 Å². The van der Waals surface area contributed by atoms with E-state index in [1.165, 1.54) is 4.90 Å².